The van der Waals surface area contributed by atoms with Crippen LogP contribution in [0.25, 0.3) is 0 Å². The quantitative estimate of drug-likeness (QED) is 0.898. The van der Waals surface area contributed by atoms with Gasteiger partial charge >= 0.3 is 0 Å². The first-order chi connectivity index (χ1) is 9.69. The Morgan fingerprint density at radius 2 is 1.95 bits per heavy atom. The molecule has 1 aliphatic rings. The van der Waals surface area contributed by atoms with Gasteiger partial charge in [-0.3, -0.25) is 4.99 Å². The number of amidine groups is 1. The predicted octanol–water partition coefficient (Wildman–Crippen LogP) is 3.69. The van der Waals surface area contributed by atoms with Crippen molar-refractivity contribution in [3.05, 3.63) is 65.2 Å². The van der Waals surface area contributed by atoms with E-state index in [2.05, 4.69) is 35.4 Å². The molecular weight excluding hydrogens is 248 g/mol. The number of aliphatic imine (C=N–C) groups is 1. The molecule has 0 fully saturated rings. The summed E-state index contributed by atoms with van der Waals surface area (Å²) in [5, 5.41) is 3.41. The van der Waals surface area contributed by atoms with Gasteiger partial charge in [0.15, 0.2) is 0 Å². The maximum atomic E-state index is 5.46. The molecule has 0 atom stereocenters. The SMILES string of the molecule is COc1cc(C)ccc1C1=N[CH]c2cccc(C)c2N1. The van der Waals surface area contributed by atoms with Crippen LogP contribution in [0.5, 0.6) is 5.75 Å². The number of para-hydroxylation sites is 1. The minimum atomic E-state index is 0.823. The van der Waals surface area contributed by atoms with Gasteiger partial charge in [-0.05, 0) is 37.1 Å². The smallest absolute Gasteiger partial charge is 0.137 e. The molecule has 0 saturated heterocycles. The maximum Gasteiger partial charge on any atom is 0.137 e. The van der Waals surface area contributed by atoms with Crippen molar-refractivity contribution in [3.8, 4) is 5.75 Å². The van der Waals surface area contributed by atoms with Crippen LogP contribution in [0, 0.1) is 20.4 Å². The van der Waals surface area contributed by atoms with E-state index in [9.17, 15) is 0 Å². The highest BCUT2D eigenvalue weighted by molar-refractivity contribution is 6.12. The van der Waals surface area contributed by atoms with Gasteiger partial charge in [0.2, 0.25) is 0 Å². The number of hydrogen-bond donors (Lipinski definition) is 1. The molecule has 2 aromatic rings. The monoisotopic (exact) mass is 265 g/mol. The van der Waals surface area contributed by atoms with E-state index in [4.69, 9.17) is 4.74 Å². The number of anilines is 1. The third-order valence-corrected chi connectivity index (χ3v) is 3.49. The molecule has 0 bridgehead atoms. The molecule has 0 aromatic heterocycles. The Bertz CT molecular complexity index is 689. The summed E-state index contributed by atoms with van der Waals surface area (Å²) in [7, 11) is 1.69. The maximum absolute atomic E-state index is 5.46. The number of rotatable bonds is 2. The summed E-state index contributed by atoms with van der Waals surface area (Å²) in [6.45, 7) is 6.04. The highest BCUT2D eigenvalue weighted by atomic mass is 16.5. The van der Waals surface area contributed by atoms with Crippen LogP contribution in [0.2, 0.25) is 0 Å². The van der Waals surface area contributed by atoms with E-state index in [1.54, 1.807) is 7.11 Å². The van der Waals surface area contributed by atoms with Gasteiger partial charge in [-0.1, -0.05) is 24.3 Å². The van der Waals surface area contributed by atoms with Crippen molar-refractivity contribution in [2.45, 2.75) is 13.8 Å². The summed E-state index contributed by atoms with van der Waals surface area (Å²) >= 11 is 0. The average molecular weight is 265 g/mol. The number of ether oxygens (including phenoxy) is 1. The lowest BCUT2D eigenvalue weighted by Crippen LogP contribution is -2.20. The zero-order valence-corrected chi connectivity index (χ0v) is 11.9. The lowest BCUT2D eigenvalue weighted by Gasteiger charge is -2.21. The summed E-state index contributed by atoms with van der Waals surface area (Å²) in [5.41, 5.74) is 5.57. The van der Waals surface area contributed by atoms with Crippen molar-refractivity contribution >= 4 is 11.5 Å². The molecule has 1 radical (unpaired) electrons. The van der Waals surface area contributed by atoms with Gasteiger partial charge in [-0.2, -0.15) is 0 Å². The number of nitrogens with zero attached hydrogens (tertiary/aromatic N) is 1. The minimum absolute atomic E-state index is 0.823. The van der Waals surface area contributed by atoms with Crippen LogP contribution in [0.15, 0.2) is 41.4 Å². The fourth-order valence-electron chi connectivity index (χ4n) is 2.38. The van der Waals surface area contributed by atoms with Crippen LogP contribution in [0.3, 0.4) is 0 Å². The van der Waals surface area contributed by atoms with Crippen LogP contribution >= 0.6 is 0 Å². The fraction of sp³-hybridized carbons (Fsp3) is 0.176. The second-order valence-corrected chi connectivity index (χ2v) is 4.97. The van der Waals surface area contributed by atoms with E-state index in [-0.39, 0.29) is 0 Å². The van der Waals surface area contributed by atoms with E-state index in [1.165, 1.54) is 11.1 Å². The molecule has 0 saturated carbocycles. The highest BCUT2D eigenvalue weighted by Crippen LogP contribution is 2.29. The van der Waals surface area contributed by atoms with Gasteiger partial charge in [-0.15, -0.1) is 0 Å². The van der Waals surface area contributed by atoms with E-state index in [1.807, 2.05) is 31.7 Å². The first-order valence-electron chi connectivity index (χ1n) is 6.61. The number of benzene rings is 2. The number of hydrogen-bond acceptors (Lipinski definition) is 3. The first kappa shape index (κ1) is 12.7. The normalized spacial score (nSPS) is 13.2. The zero-order valence-electron chi connectivity index (χ0n) is 11.9. The Labute approximate surface area is 119 Å². The van der Waals surface area contributed by atoms with Crippen molar-refractivity contribution in [1.82, 2.24) is 0 Å². The summed E-state index contributed by atoms with van der Waals surface area (Å²) < 4.78 is 5.46. The molecule has 3 rings (SSSR count). The van der Waals surface area contributed by atoms with E-state index in [0.29, 0.717) is 0 Å². The molecule has 1 heterocycles. The highest BCUT2D eigenvalue weighted by Gasteiger charge is 2.17. The fourth-order valence-corrected chi connectivity index (χ4v) is 2.38. The molecule has 1 N–H and O–H groups in total. The molecule has 20 heavy (non-hydrogen) atoms. The third-order valence-electron chi connectivity index (χ3n) is 3.49. The Morgan fingerprint density at radius 3 is 2.75 bits per heavy atom. The molecule has 1 aliphatic heterocycles. The lowest BCUT2D eigenvalue weighted by atomic mass is 10.0. The van der Waals surface area contributed by atoms with Crippen LogP contribution in [-0.2, 0) is 0 Å². The standard InChI is InChI=1S/C17H17N2O/c1-11-7-8-14(15(9-11)20-3)17-18-10-13-6-4-5-12(2)16(13)19-17/h4-10H,1-3H3,(H,18,19). The molecular formula is C17H17N2O. The van der Waals surface area contributed by atoms with Crippen molar-refractivity contribution < 1.29 is 4.74 Å². The minimum Gasteiger partial charge on any atom is -0.496 e. The number of nitrogens with one attached hydrogen (secondary N) is 1. The molecule has 2 aromatic carbocycles. The van der Waals surface area contributed by atoms with E-state index in [0.717, 1.165) is 28.4 Å². The Morgan fingerprint density at radius 1 is 1.10 bits per heavy atom. The van der Waals surface area contributed by atoms with Crippen LogP contribution in [-0.4, -0.2) is 12.9 Å². The van der Waals surface area contributed by atoms with Gasteiger partial charge in [0.05, 0.1) is 12.7 Å². The Balaban J connectivity index is 2.02. The second-order valence-electron chi connectivity index (χ2n) is 4.97. The second kappa shape index (κ2) is 5.00. The van der Waals surface area contributed by atoms with Gasteiger partial charge in [0.25, 0.3) is 0 Å². The summed E-state index contributed by atoms with van der Waals surface area (Å²) in [4.78, 5) is 4.52. The zero-order chi connectivity index (χ0) is 14.1. The van der Waals surface area contributed by atoms with E-state index >= 15 is 0 Å². The van der Waals surface area contributed by atoms with Crippen LogP contribution in [0.4, 0.5) is 5.69 Å². The lowest BCUT2D eigenvalue weighted by molar-refractivity contribution is 0.413. The van der Waals surface area contributed by atoms with Gasteiger partial charge in [-0.25, -0.2) is 0 Å². The largest absolute Gasteiger partial charge is 0.496 e. The third kappa shape index (κ3) is 2.16. The van der Waals surface area contributed by atoms with Crippen molar-refractivity contribution in [1.29, 1.82) is 0 Å². The molecule has 3 heteroatoms. The summed E-state index contributed by atoms with van der Waals surface area (Å²) in [6.07, 6.45) is 0. The van der Waals surface area contributed by atoms with Crippen molar-refractivity contribution in [2.24, 2.45) is 4.99 Å². The molecule has 0 aliphatic carbocycles. The molecule has 0 spiro atoms. The number of fused-ring (bicyclic) bond motifs is 1. The molecule has 0 amide bonds. The van der Waals surface area contributed by atoms with Crippen LogP contribution in [0.1, 0.15) is 22.3 Å². The Hall–Kier alpha value is -2.29. The van der Waals surface area contributed by atoms with Gasteiger partial charge in [0, 0.05) is 11.3 Å². The molecule has 101 valence electrons. The van der Waals surface area contributed by atoms with Crippen molar-refractivity contribution in [3.63, 3.8) is 0 Å². The van der Waals surface area contributed by atoms with Crippen LogP contribution < -0.4 is 10.1 Å². The molecule has 3 nitrogen and oxygen atoms in total. The summed E-state index contributed by atoms with van der Waals surface area (Å²) in [5.74, 6) is 1.66. The number of methoxy groups -OCH3 is 1. The van der Waals surface area contributed by atoms with Gasteiger partial charge < -0.3 is 10.1 Å². The first-order valence-corrected chi connectivity index (χ1v) is 6.61. The van der Waals surface area contributed by atoms with Gasteiger partial charge in [0.1, 0.15) is 18.1 Å². The van der Waals surface area contributed by atoms with E-state index < -0.39 is 0 Å². The molecule has 0 unspecified atom stereocenters. The predicted molar refractivity (Wildman–Crippen MR) is 82.5 cm³/mol. The summed E-state index contributed by atoms with van der Waals surface area (Å²) in [6, 6.07) is 12.3. The topological polar surface area (TPSA) is 33.6 Å². The number of aryl methyl sites for hydroxylation is 2. The Kier molecular flexibility index (Phi) is 3.18. The average Bonchev–Trinajstić information content (AvgIpc) is 2.47. The van der Waals surface area contributed by atoms with Crippen molar-refractivity contribution in [2.75, 3.05) is 12.4 Å².